The van der Waals surface area contributed by atoms with E-state index in [4.69, 9.17) is 16.9 Å². The Morgan fingerprint density at radius 3 is 2.38 bits per heavy atom. The van der Waals surface area contributed by atoms with Gasteiger partial charge < -0.3 is 0 Å². The summed E-state index contributed by atoms with van der Waals surface area (Å²) in [7, 11) is 0. The molecule has 1 atom stereocenters. The third kappa shape index (κ3) is 2.30. The highest BCUT2D eigenvalue weighted by Crippen LogP contribution is 2.15. The van der Waals surface area contributed by atoms with Gasteiger partial charge >= 0.3 is 0 Å². The molecule has 0 unspecified atom stereocenters. The smallest absolute Gasteiger partial charge is 0.252 e. The van der Waals surface area contributed by atoms with Crippen LogP contribution >= 0.6 is 11.6 Å². The predicted molar refractivity (Wildman–Crippen MR) is 50.7 cm³/mol. The minimum absolute atomic E-state index is 0.153. The lowest BCUT2D eigenvalue weighted by atomic mass is 10.0. The first-order valence-electron chi connectivity index (χ1n) is 3.84. The molecule has 1 rings (SSSR count). The van der Waals surface area contributed by atoms with Crippen LogP contribution in [0.5, 0.6) is 0 Å². The van der Waals surface area contributed by atoms with Crippen molar-refractivity contribution >= 4 is 16.8 Å². The third-order valence-electron chi connectivity index (χ3n) is 1.83. The van der Waals surface area contributed by atoms with Gasteiger partial charge in [0, 0.05) is 5.56 Å². The van der Waals surface area contributed by atoms with Crippen LogP contribution in [-0.2, 0) is 0 Å². The van der Waals surface area contributed by atoms with Crippen molar-refractivity contribution in [1.29, 1.82) is 5.26 Å². The maximum Gasteiger partial charge on any atom is 0.252 e. The van der Waals surface area contributed by atoms with E-state index in [0.29, 0.717) is 5.56 Å². The van der Waals surface area contributed by atoms with Crippen molar-refractivity contribution in [2.45, 2.75) is 12.8 Å². The molecule has 0 amide bonds. The topological polar surface area (TPSA) is 40.9 Å². The van der Waals surface area contributed by atoms with E-state index in [0.717, 1.165) is 5.56 Å². The number of halogens is 1. The summed E-state index contributed by atoms with van der Waals surface area (Å²) in [4.78, 5) is 10.7. The van der Waals surface area contributed by atoms with Gasteiger partial charge in [0.15, 0.2) is 0 Å². The van der Waals surface area contributed by atoms with Gasteiger partial charge in [-0.1, -0.05) is 12.1 Å². The van der Waals surface area contributed by atoms with E-state index in [2.05, 4.69) is 6.07 Å². The largest absolute Gasteiger partial charge is 0.276 e. The van der Waals surface area contributed by atoms with Crippen LogP contribution in [0, 0.1) is 11.3 Å². The van der Waals surface area contributed by atoms with Gasteiger partial charge in [0.05, 0.1) is 12.0 Å². The van der Waals surface area contributed by atoms with Gasteiger partial charge in [0.25, 0.3) is 5.24 Å². The number of hydrogen-bond acceptors (Lipinski definition) is 2. The Labute approximate surface area is 81.7 Å². The first kappa shape index (κ1) is 9.76. The van der Waals surface area contributed by atoms with E-state index in [-0.39, 0.29) is 5.92 Å². The number of nitrogens with zero attached hydrogens (tertiary/aromatic N) is 1. The molecule has 0 radical (unpaired) electrons. The maximum atomic E-state index is 10.7. The molecule has 66 valence electrons. The highest BCUT2D eigenvalue weighted by molar-refractivity contribution is 6.67. The summed E-state index contributed by atoms with van der Waals surface area (Å²) >= 11 is 5.27. The Morgan fingerprint density at radius 2 is 2.00 bits per heavy atom. The first-order chi connectivity index (χ1) is 6.15. The molecule has 1 aromatic rings. The standard InChI is InChI=1S/C10H8ClNO/c1-7(6-12)8-2-4-9(5-3-8)10(11)13/h2-5,7H,1H3/t7-/m0/s1. The molecule has 0 fully saturated rings. The zero-order valence-electron chi connectivity index (χ0n) is 7.12. The first-order valence-corrected chi connectivity index (χ1v) is 4.22. The van der Waals surface area contributed by atoms with Gasteiger partial charge in [-0.2, -0.15) is 5.26 Å². The quantitative estimate of drug-likeness (QED) is 0.678. The molecule has 0 aliphatic heterocycles. The molecular formula is C10H8ClNO. The van der Waals surface area contributed by atoms with Crippen molar-refractivity contribution in [3.05, 3.63) is 35.4 Å². The third-order valence-corrected chi connectivity index (χ3v) is 2.05. The van der Waals surface area contributed by atoms with Crippen LogP contribution in [0.2, 0.25) is 0 Å². The Kier molecular flexibility index (Phi) is 3.05. The Morgan fingerprint density at radius 1 is 1.46 bits per heavy atom. The van der Waals surface area contributed by atoms with Crippen molar-refractivity contribution < 1.29 is 4.79 Å². The summed E-state index contributed by atoms with van der Waals surface area (Å²) in [5, 5.41) is 8.15. The second-order valence-corrected chi connectivity index (χ2v) is 3.09. The van der Waals surface area contributed by atoms with E-state index in [9.17, 15) is 4.79 Å². The normalized spacial score (nSPS) is 11.8. The van der Waals surface area contributed by atoms with E-state index in [1.165, 1.54) is 0 Å². The van der Waals surface area contributed by atoms with Gasteiger partial charge in [0.2, 0.25) is 0 Å². The number of rotatable bonds is 2. The average Bonchev–Trinajstić information content (AvgIpc) is 2.17. The van der Waals surface area contributed by atoms with E-state index >= 15 is 0 Å². The van der Waals surface area contributed by atoms with Crippen molar-refractivity contribution in [1.82, 2.24) is 0 Å². The fourth-order valence-corrected chi connectivity index (χ4v) is 1.10. The molecule has 0 aromatic heterocycles. The zero-order valence-corrected chi connectivity index (χ0v) is 7.88. The summed E-state index contributed by atoms with van der Waals surface area (Å²) in [6.07, 6.45) is 0. The fraction of sp³-hybridized carbons (Fsp3) is 0.200. The second-order valence-electron chi connectivity index (χ2n) is 2.75. The summed E-state index contributed by atoms with van der Waals surface area (Å²) in [5.41, 5.74) is 1.35. The van der Waals surface area contributed by atoms with Crippen molar-refractivity contribution in [3.63, 3.8) is 0 Å². The molecule has 0 heterocycles. The molecule has 1 aromatic carbocycles. The summed E-state index contributed by atoms with van der Waals surface area (Å²) in [6, 6.07) is 8.84. The van der Waals surface area contributed by atoms with Crippen molar-refractivity contribution in [3.8, 4) is 6.07 Å². The Bertz CT molecular complexity index is 350. The van der Waals surface area contributed by atoms with Crippen LogP contribution in [0.25, 0.3) is 0 Å². The van der Waals surface area contributed by atoms with Crippen molar-refractivity contribution in [2.75, 3.05) is 0 Å². The number of nitriles is 1. The summed E-state index contributed by atoms with van der Waals surface area (Å²) < 4.78 is 0. The Hall–Kier alpha value is -1.33. The maximum absolute atomic E-state index is 10.7. The number of carbonyl (C=O) groups excluding carboxylic acids is 1. The lowest BCUT2D eigenvalue weighted by molar-refractivity contribution is 0.108. The van der Waals surface area contributed by atoms with E-state index < -0.39 is 5.24 Å². The summed E-state index contributed by atoms with van der Waals surface area (Å²) in [6.45, 7) is 1.80. The SMILES string of the molecule is C[C@@H](C#N)c1ccc(C(=O)Cl)cc1. The molecular weight excluding hydrogens is 186 g/mol. The number of hydrogen-bond donors (Lipinski definition) is 0. The van der Waals surface area contributed by atoms with Crippen LogP contribution in [0.3, 0.4) is 0 Å². The van der Waals surface area contributed by atoms with Gasteiger partial charge in [-0.3, -0.25) is 4.79 Å². The van der Waals surface area contributed by atoms with Crippen LogP contribution in [0.4, 0.5) is 0 Å². The van der Waals surface area contributed by atoms with E-state index in [1.54, 1.807) is 31.2 Å². The van der Waals surface area contributed by atoms with Gasteiger partial charge in [0.1, 0.15) is 0 Å². The Balaban J connectivity index is 2.95. The van der Waals surface area contributed by atoms with Crippen LogP contribution in [0.1, 0.15) is 28.8 Å². The highest BCUT2D eigenvalue weighted by atomic mass is 35.5. The molecule has 13 heavy (non-hydrogen) atoms. The molecule has 0 aliphatic rings. The lowest BCUT2D eigenvalue weighted by Gasteiger charge is -2.01. The van der Waals surface area contributed by atoms with Gasteiger partial charge in [-0.25, -0.2) is 0 Å². The monoisotopic (exact) mass is 193 g/mol. The molecule has 3 heteroatoms. The second kappa shape index (κ2) is 4.06. The van der Waals surface area contributed by atoms with Gasteiger partial charge in [-0.05, 0) is 36.2 Å². The molecule has 2 nitrogen and oxygen atoms in total. The molecule has 0 bridgehead atoms. The minimum Gasteiger partial charge on any atom is -0.276 e. The van der Waals surface area contributed by atoms with E-state index in [1.807, 2.05) is 0 Å². The van der Waals surface area contributed by atoms with Crippen LogP contribution < -0.4 is 0 Å². The lowest BCUT2D eigenvalue weighted by Crippen LogP contribution is -1.92. The predicted octanol–water partition coefficient (Wildman–Crippen LogP) is 2.69. The zero-order chi connectivity index (χ0) is 9.84. The highest BCUT2D eigenvalue weighted by Gasteiger charge is 2.05. The average molecular weight is 194 g/mol. The molecule has 0 N–H and O–H groups in total. The van der Waals surface area contributed by atoms with Gasteiger partial charge in [-0.15, -0.1) is 0 Å². The fourth-order valence-electron chi connectivity index (χ4n) is 0.977. The molecule has 0 saturated heterocycles. The molecule has 0 spiro atoms. The van der Waals surface area contributed by atoms with Crippen LogP contribution in [-0.4, -0.2) is 5.24 Å². The number of carbonyl (C=O) groups is 1. The molecule has 0 saturated carbocycles. The molecule has 0 aliphatic carbocycles. The van der Waals surface area contributed by atoms with Crippen molar-refractivity contribution in [2.24, 2.45) is 0 Å². The number of benzene rings is 1. The minimum atomic E-state index is -0.476. The summed E-state index contributed by atoms with van der Waals surface area (Å²) in [5.74, 6) is -0.153. The van der Waals surface area contributed by atoms with Crippen LogP contribution in [0.15, 0.2) is 24.3 Å².